The summed E-state index contributed by atoms with van der Waals surface area (Å²) in [6.07, 6.45) is 0. The van der Waals surface area contributed by atoms with Crippen molar-refractivity contribution >= 4 is 28.4 Å². The van der Waals surface area contributed by atoms with Crippen LogP contribution >= 0.6 is 11.6 Å². The highest BCUT2D eigenvalue weighted by Gasteiger charge is 2.17. The molecule has 0 spiro atoms. The van der Waals surface area contributed by atoms with Crippen LogP contribution in [0.5, 0.6) is 11.5 Å². The summed E-state index contributed by atoms with van der Waals surface area (Å²) in [5.74, 6) is -0.502. The largest absolute Gasteiger partial charge is 0.506 e. The SMILES string of the molecule is Cc1[c]c2cc(O)c(Cl)cc2n1C(=O)c1ccc(OC(F)F)cc1. The minimum atomic E-state index is -2.92. The number of rotatable bonds is 3. The van der Waals surface area contributed by atoms with Gasteiger partial charge in [0.05, 0.1) is 10.5 Å². The Balaban J connectivity index is 2.02. The van der Waals surface area contributed by atoms with Crippen LogP contribution in [0.4, 0.5) is 8.78 Å². The minimum absolute atomic E-state index is 0.0323. The highest BCUT2D eigenvalue weighted by atomic mass is 35.5. The fourth-order valence-electron chi connectivity index (χ4n) is 2.44. The smallest absolute Gasteiger partial charge is 0.387 e. The molecule has 2 aromatic carbocycles. The number of phenolic OH excluding ortho intramolecular Hbond substituents is 1. The molecular weight excluding hydrogens is 340 g/mol. The zero-order valence-corrected chi connectivity index (χ0v) is 13.1. The fraction of sp³-hybridized carbons (Fsp3) is 0.118. The van der Waals surface area contributed by atoms with Crippen LogP contribution in [-0.4, -0.2) is 22.2 Å². The maximum absolute atomic E-state index is 12.7. The summed E-state index contributed by atoms with van der Waals surface area (Å²) in [4.78, 5) is 12.7. The molecule has 0 aliphatic heterocycles. The van der Waals surface area contributed by atoms with E-state index in [-0.39, 0.29) is 28.0 Å². The van der Waals surface area contributed by atoms with Gasteiger partial charge in [-0.3, -0.25) is 9.36 Å². The molecule has 0 aliphatic rings. The lowest BCUT2D eigenvalue weighted by molar-refractivity contribution is -0.0498. The molecular formula is C17H11ClF2NO3. The van der Waals surface area contributed by atoms with Gasteiger partial charge in [-0.2, -0.15) is 8.78 Å². The Morgan fingerprint density at radius 2 is 1.96 bits per heavy atom. The quantitative estimate of drug-likeness (QED) is 0.761. The Bertz CT molecular complexity index is 920. The molecule has 3 rings (SSSR count). The number of carbonyl (C=O) groups is 1. The maximum atomic E-state index is 12.7. The van der Waals surface area contributed by atoms with E-state index in [1.807, 2.05) is 0 Å². The number of aromatic hydroxyl groups is 1. The van der Waals surface area contributed by atoms with E-state index in [0.717, 1.165) is 0 Å². The van der Waals surface area contributed by atoms with Crippen molar-refractivity contribution in [1.82, 2.24) is 4.57 Å². The van der Waals surface area contributed by atoms with Gasteiger partial charge >= 0.3 is 6.61 Å². The normalized spacial score (nSPS) is 11.2. The van der Waals surface area contributed by atoms with Crippen LogP contribution in [0.25, 0.3) is 10.9 Å². The molecule has 0 unspecified atom stereocenters. The lowest BCUT2D eigenvalue weighted by atomic mass is 10.2. The molecule has 0 saturated carbocycles. The van der Waals surface area contributed by atoms with Crippen molar-refractivity contribution in [2.45, 2.75) is 13.5 Å². The number of aromatic nitrogens is 1. The Hall–Kier alpha value is -2.60. The van der Waals surface area contributed by atoms with Gasteiger partial charge in [0.15, 0.2) is 0 Å². The van der Waals surface area contributed by atoms with E-state index >= 15 is 0 Å². The molecule has 0 fully saturated rings. The summed E-state index contributed by atoms with van der Waals surface area (Å²) in [5.41, 5.74) is 1.31. The van der Waals surface area contributed by atoms with E-state index < -0.39 is 6.61 Å². The van der Waals surface area contributed by atoms with Crippen LogP contribution in [0, 0.1) is 13.0 Å². The van der Waals surface area contributed by atoms with Gasteiger partial charge in [0.2, 0.25) is 0 Å². The number of phenols is 1. The molecule has 0 aliphatic carbocycles. The molecule has 1 aromatic heterocycles. The first-order valence-corrected chi connectivity index (χ1v) is 7.27. The first-order chi connectivity index (χ1) is 11.4. The summed E-state index contributed by atoms with van der Waals surface area (Å²) in [7, 11) is 0. The third-order valence-electron chi connectivity index (χ3n) is 3.49. The number of halogens is 3. The molecule has 1 radical (unpaired) electrons. The molecule has 4 nitrogen and oxygen atoms in total. The van der Waals surface area contributed by atoms with E-state index in [0.29, 0.717) is 16.6 Å². The molecule has 123 valence electrons. The van der Waals surface area contributed by atoms with E-state index in [9.17, 15) is 18.7 Å². The summed E-state index contributed by atoms with van der Waals surface area (Å²) in [6.45, 7) is -1.23. The molecule has 1 heterocycles. The summed E-state index contributed by atoms with van der Waals surface area (Å²) in [6, 6.07) is 11.3. The Morgan fingerprint density at radius 3 is 2.58 bits per heavy atom. The topological polar surface area (TPSA) is 51.5 Å². The van der Waals surface area contributed by atoms with Gasteiger partial charge in [-0.25, -0.2) is 0 Å². The van der Waals surface area contributed by atoms with E-state index in [1.54, 1.807) is 6.92 Å². The average Bonchev–Trinajstić information content (AvgIpc) is 2.82. The number of fused-ring (bicyclic) bond motifs is 1. The molecule has 0 bridgehead atoms. The fourth-order valence-corrected chi connectivity index (χ4v) is 2.60. The van der Waals surface area contributed by atoms with Crippen molar-refractivity contribution in [3.8, 4) is 11.5 Å². The average molecular weight is 351 g/mol. The van der Waals surface area contributed by atoms with Gasteiger partial charge in [-0.1, -0.05) is 11.6 Å². The number of carbonyl (C=O) groups excluding carboxylic acids is 1. The van der Waals surface area contributed by atoms with Crippen molar-refractivity contribution in [3.05, 3.63) is 58.7 Å². The number of nitrogens with zero attached hydrogens (tertiary/aromatic N) is 1. The monoisotopic (exact) mass is 350 g/mol. The van der Waals surface area contributed by atoms with Gasteiger partial charge in [0.25, 0.3) is 5.91 Å². The number of ether oxygens (including phenoxy) is 1. The van der Waals surface area contributed by atoms with Crippen LogP contribution in [-0.2, 0) is 0 Å². The van der Waals surface area contributed by atoms with Gasteiger partial charge in [0.1, 0.15) is 11.5 Å². The first kappa shape index (κ1) is 16.3. The number of hydrogen-bond acceptors (Lipinski definition) is 3. The Morgan fingerprint density at radius 1 is 1.29 bits per heavy atom. The second kappa shape index (κ2) is 6.13. The molecule has 0 saturated heterocycles. The zero-order chi connectivity index (χ0) is 17.4. The zero-order valence-electron chi connectivity index (χ0n) is 12.4. The summed E-state index contributed by atoms with van der Waals surface area (Å²) in [5, 5.41) is 10.3. The van der Waals surface area contributed by atoms with Gasteiger partial charge in [-0.15, -0.1) is 0 Å². The second-order valence-electron chi connectivity index (χ2n) is 5.07. The van der Waals surface area contributed by atoms with Crippen LogP contribution in [0.3, 0.4) is 0 Å². The van der Waals surface area contributed by atoms with Gasteiger partial charge in [0, 0.05) is 22.7 Å². The highest BCUT2D eigenvalue weighted by molar-refractivity contribution is 6.32. The predicted molar refractivity (Wildman–Crippen MR) is 85.0 cm³/mol. The minimum Gasteiger partial charge on any atom is -0.506 e. The molecule has 24 heavy (non-hydrogen) atoms. The Kier molecular flexibility index (Phi) is 4.15. The van der Waals surface area contributed by atoms with Crippen molar-refractivity contribution in [2.75, 3.05) is 0 Å². The van der Waals surface area contributed by atoms with E-state index in [4.69, 9.17) is 11.6 Å². The number of benzene rings is 2. The number of hydrogen-bond donors (Lipinski definition) is 1. The van der Waals surface area contributed by atoms with Crippen molar-refractivity contribution in [2.24, 2.45) is 0 Å². The third-order valence-corrected chi connectivity index (χ3v) is 3.79. The molecule has 7 heteroatoms. The molecule has 3 aromatic rings. The van der Waals surface area contributed by atoms with Crippen LogP contribution < -0.4 is 4.74 Å². The first-order valence-electron chi connectivity index (χ1n) is 6.89. The van der Waals surface area contributed by atoms with Crippen molar-refractivity contribution in [3.63, 3.8) is 0 Å². The van der Waals surface area contributed by atoms with E-state index in [1.165, 1.54) is 41.0 Å². The standard InChI is InChI=1S/C17H11ClF2NO3/c1-9-6-11-7-15(22)13(18)8-14(11)21(9)16(23)10-2-4-12(5-3-10)24-17(19)20/h2-5,7-8,17,22H,1H3. The summed E-state index contributed by atoms with van der Waals surface area (Å²) < 4.78 is 30.0. The van der Waals surface area contributed by atoms with Gasteiger partial charge in [-0.05, 0) is 43.3 Å². The molecule has 0 amide bonds. The van der Waals surface area contributed by atoms with Gasteiger partial charge < -0.3 is 9.84 Å². The second-order valence-corrected chi connectivity index (χ2v) is 5.48. The Labute approximate surface area is 140 Å². The molecule has 1 N–H and O–H groups in total. The lowest BCUT2D eigenvalue weighted by Crippen LogP contribution is -2.13. The third kappa shape index (κ3) is 2.92. The van der Waals surface area contributed by atoms with Crippen LogP contribution in [0.2, 0.25) is 5.02 Å². The highest BCUT2D eigenvalue weighted by Crippen LogP contribution is 2.31. The van der Waals surface area contributed by atoms with Crippen molar-refractivity contribution < 1.29 is 23.4 Å². The lowest BCUT2D eigenvalue weighted by Gasteiger charge is -2.09. The van der Waals surface area contributed by atoms with Crippen molar-refractivity contribution in [1.29, 1.82) is 0 Å². The van der Waals surface area contributed by atoms with Crippen LogP contribution in [0.15, 0.2) is 36.4 Å². The van der Waals surface area contributed by atoms with E-state index in [2.05, 4.69) is 10.8 Å². The number of alkyl halides is 2. The maximum Gasteiger partial charge on any atom is 0.387 e. The number of aryl methyl sites for hydroxylation is 1. The van der Waals surface area contributed by atoms with Crippen LogP contribution in [0.1, 0.15) is 16.1 Å². The predicted octanol–water partition coefficient (Wildman–Crippen LogP) is 4.40. The molecule has 0 atom stereocenters. The summed E-state index contributed by atoms with van der Waals surface area (Å²) >= 11 is 5.91.